The summed E-state index contributed by atoms with van der Waals surface area (Å²) in [4.78, 5) is 3.27. The van der Waals surface area contributed by atoms with E-state index in [9.17, 15) is 0 Å². The van der Waals surface area contributed by atoms with Crippen molar-refractivity contribution in [2.45, 2.75) is 0 Å². The van der Waals surface area contributed by atoms with Crippen molar-refractivity contribution in [3.63, 3.8) is 0 Å². The van der Waals surface area contributed by atoms with Crippen molar-refractivity contribution in [3.05, 3.63) is 43.0 Å². The van der Waals surface area contributed by atoms with Gasteiger partial charge in [0.2, 0.25) is 0 Å². The van der Waals surface area contributed by atoms with E-state index < -0.39 is 0 Å². The maximum absolute atomic E-state index is 3.65. The number of benzene rings is 1. The van der Waals surface area contributed by atoms with Gasteiger partial charge in [-0.05, 0) is 12.1 Å². The van der Waals surface area contributed by atoms with Gasteiger partial charge in [0.05, 0.1) is 0 Å². The third-order valence-corrected chi connectivity index (χ3v) is 1.97. The molecule has 0 saturated heterocycles. The fourth-order valence-electron chi connectivity index (χ4n) is 1.35. The molecule has 0 bridgehead atoms. The first-order valence-corrected chi connectivity index (χ1v) is 4.32. The number of aromatic nitrogens is 1. The normalized spacial score (nSPS) is 10.2. The minimum absolute atomic E-state index is 0.785. The van der Waals surface area contributed by atoms with E-state index in [-0.39, 0.29) is 0 Å². The zero-order chi connectivity index (χ0) is 9.10. The fourth-order valence-corrected chi connectivity index (χ4v) is 1.35. The highest BCUT2D eigenvalue weighted by atomic mass is 15.0. The van der Waals surface area contributed by atoms with Crippen molar-refractivity contribution in [2.24, 2.45) is 0 Å². The van der Waals surface area contributed by atoms with Crippen LogP contribution >= 0.6 is 0 Å². The van der Waals surface area contributed by atoms with E-state index in [1.54, 1.807) is 0 Å². The summed E-state index contributed by atoms with van der Waals surface area (Å²) in [5.74, 6) is 1.04. The molecule has 0 aliphatic heterocycles. The Bertz CT molecular complexity index is 382. The van der Waals surface area contributed by atoms with Gasteiger partial charge in [0.15, 0.2) is 0 Å². The highest BCUT2D eigenvalue weighted by Gasteiger charge is 1.96. The van der Waals surface area contributed by atoms with Crippen LogP contribution in [0.5, 0.6) is 0 Å². The van der Waals surface area contributed by atoms with E-state index in [0.29, 0.717) is 0 Å². The minimum atomic E-state index is 0.785. The molecule has 2 N–H and O–H groups in total. The first-order valence-electron chi connectivity index (χ1n) is 4.32. The number of anilines is 1. The molecule has 0 fully saturated rings. The first-order chi connectivity index (χ1) is 6.40. The predicted octanol–water partition coefficient (Wildman–Crippen LogP) is 2.77. The largest absolute Gasteiger partial charge is 0.368 e. The Morgan fingerprint density at radius 2 is 2.23 bits per heavy atom. The van der Waals surface area contributed by atoms with E-state index in [1.807, 2.05) is 18.2 Å². The summed E-state index contributed by atoms with van der Waals surface area (Å²) in [6.07, 6.45) is 1.84. The lowest BCUT2D eigenvalue weighted by atomic mass is 10.2. The maximum atomic E-state index is 3.65. The molecule has 0 spiro atoms. The monoisotopic (exact) mass is 172 g/mol. The van der Waals surface area contributed by atoms with Gasteiger partial charge < -0.3 is 10.3 Å². The standard InChI is InChI=1S/C11H12N2/c1-2-7-12-11-8-9-5-3-4-6-10(9)13-11/h2-6,8,12-13H,1,7H2. The lowest BCUT2D eigenvalue weighted by Gasteiger charge is -1.96. The van der Waals surface area contributed by atoms with Crippen LogP contribution in [0.15, 0.2) is 43.0 Å². The molecule has 0 atom stereocenters. The van der Waals surface area contributed by atoms with Crippen molar-refractivity contribution in [1.29, 1.82) is 0 Å². The lowest BCUT2D eigenvalue weighted by molar-refractivity contribution is 1.29. The quantitative estimate of drug-likeness (QED) is 0.684. The summed E-state index contributed by atoms with van der Waals surface area (Å²) in [6.45, 7) is 4.44. The highest BCUT2D eigenvalue weighted by molar-refractivity contribution is 5.83. The highest BCUT2D eigenvalue weighted by Crippen LogP contribution is 2.17. The van der Waals surface area contributed by atoms with E-state index in [4.69, 9.17) is 0 Å². The van der Waals surface area contributed by atoms with Crippen LogP contribution in [0.1, 0.15) is 0 Å². The van der Waals surface area contributed by atoms with Gasteiger partial charge >= 0.3 is 0 Å². The van der Waals surface area contributed by atoms with Crippen LogP contribution in [-0.2, 0) is 0 Å². The molecule has 0 unspecified atom stereocenters. The van der Waals surface area contributed by atoms with Crippen molar-refractivity contribution in [1.82, 2.24) is 4.98 Å². The first kappa shape index (κ1) is 7.92. The van der Waals surface area contributed by atoms with Crippen molar-refractivity contribution in [3.8, 4) is 0 Å². The van der Waals surface area contributed by atoms with Crippen LogP contribution in [0.3, 0.4) is 0 Å². The SMILES string of the molecule is C=CCNc1cc2ccccc2[nH]1. The molecular weight excluding hydrogens is 160 g/mol. The molecule has 1 heterocycles. The average molecular weight is 172 g/mol. The van der Waals surface area contributed by atoms with Crippen molar-refractivity contribution in [2.75, 3.05) is 11.9 Å². The molecule has 2 rings (SSSR count). The zero-order valence-electron chi connectivity index (χ0n) is 7.38. The molecule has 2 heteroatoms. The van der Waals surface area contributed by atoms with Crippen molar-refractivity contribution < 1.29 is 0 Å². The molecular formula is C11H12N2. The third-order valence-electron chi connectivity index (χ3n) is 1.97. The molecule has 0 amide bonds. The Kier molecular flexibility index (Phi) is 2.04. The Hall–Kier alpha value is -1.70. The topological polar surface area (TPSA) is 27.8 Å². The zero-order valence-corrected chi connectivity index (χ0v) is 7.38. The molecule has 0 aliphatic carbocycles. The number of nitrogens with one attached hydrogen (secondary N) is 2. The Morgan fingerprint density at radius 3 is 3.00 bits per heavy atom. The molecule has 0 aliphatic rings. The molecule has 2 aromatic rings. The predicted molar refractivity (Wildman–Crippen MR) is 57.0 cm³/mol. The van der Waals surface area contributed by atoms with E-state index in [1.165, 1.54) is 5.39 Å². The van der Waals surface area contributed by atoms with Gasteiger partial charge in [0.1, 0.15) is 5.82 Å². The molecule has 13 heavy (non-hydrogen) atoms. The lowest BCUT2D eigenvalue weighted by Crippen LogP contribution is -1.96. The van der Waals surface area contributed by atoms with Gasteiger partial charge in [-0.15, -0.1) is 6.58 Å². The molecule has 66 valence electrons. The number of aromatic amines is 1. The summed E-state index contributed by atoms with van der Waals surface area (Å²) in [7, 11) is 0. The van der Waals surface area contributed by atoms with Crippen LogP contribution in [-0.4, -0.2) is 11.5 Å². The molecule has 1 aromatic carbocycles. The van der Waals surface area contributed by atoms with Crippen LogP contribution < -0.4 is 5.32 Å². The van der Waals surface area contributed by atoms with Gasteiger partial charge in [0, 0.05) is 17.4 Å². The van der Waals surface area contributed by atoms with Gasteiger partial charge in [-0.1, -0.05) is 24.3 Å². The Labute approximate surface area is 77.3 Å². The average Bonchev–Trinajstić information content (AvgIpc) is 2.57. The smallest absolute Gasteiger partial charge is 0.104 e. The van der Waals surface area contributed by atoms with E-state index in [0.717, 1.165) is 17.9 Å². The van der Waals surface area contributed by atoms with Crippen LogP contribution in [0.2, 0.25) is 0 Å². The van der Waals surface area contributed by atoms with Crippen LogP contribution in [0, 0.1) is 0 Å². The van der Waals surface area contributed by atoms with Crippen LogP contribution in [0.4, 0.5) is 5.82 Å². The van der Waals surface area contributed by atoms with Crippen molar-refractivity contribution >= 4 is 16.7 Å². The summed E-state index contributed by atoms with van der Waals surface area (Å²) in [5.41, 5.74) is 1.16. The molecule has 0 radical (unpaired) electrons. The second kappa shape index (κ2) is 3.35. The molecule has 0 saturated carbocycles. The second-order valence-corrected chi connectivity index (χ2v) is 2.94. The van der Waals surface area contributed by atoms with Gasteiger partial charge in [-0.25, -0.2) is 0 Å². The Balaban J connectivity index is 2.32. The van der Waals surface area contributed by atoms with Gasteiger partial charge in [-0.2, -0.15) is 0 Å². The minimum Gasteiger partial charge on any atom is -0.368 e. The van der Waals surface area contributed by atoms with Gasteiger partial charge in [-0.3, -0.25) is 0 Å². The summed E-state index contributed by atoms with van der Waals surface area (Å²) in [6, 6.07) is 10.3. The summed E-state index contributed by atoms with van der Waals surface area (Å²) in [5, 5.41) is 4.44. The number of H-pyrrole nitrogens is 1. The number of hydrogen-bond acceptors (Lipinski definition) is 1. The third kappa shape index (κ3) is 1.56. The number of fused-ring (bicyclic) bond motifs is 1. The molecule has 1 aromatic heterocycles. The van der Waals surface area contributed by atoms with Gasteiger partial charge in [0.25, 0.3) is 0 Å². The van der Waals surface area contributed by atoms with Crippen LogP contribution in [0.25, 0.3) is 10.9 Å². The summed E-state index contributed by atoms with van der Waals surface area (Å²) < 4.78 is 0. The molecule has 2 nitrogen and oxygen atoms in total. The van der Waals surface area contributed by atoms with E-state index in [2.05, 4.69) is 35.1 Å². The second-order valence-electron chi connectivity index (χ2n) is 2.94. The number of hydrogen-bond donors (Lipinski definition) is 2. The van der Waals surface area contributed by atoms with E-state index >= 15 is 0 Å². The fraction of sp³-hybridized carbons (Fsp3) is 0.0909. The number of para-hydroxylation sites is 1. The maximum Gasteiger partial charge on any atom is 0.104 e. The summed E-state index contributed by atoms with van der Waals surface area (Å²) >= 11 is 0. The number of rotatable bonds is 3. The Morgan fingerprint density at radius 1 is 1.38 bits per heavy atom.